The van der Waals surface area contributed by atoms with Gasteiger partial charge in [0, 0.05) is 16.8 Å². The topological polar surface area (TPSA) is 67.5 Å². The monoisotopic (exact) mass is 393 g/mol. The van der Waals surface area contributed by atoms with Gasteiger partial charge in [-0.2, -0.15) is 5.10 Å². The van der Waals surface area contributed by atoms with Gasteiger partial charge in [0.2, 0.25) is 0 Å². The lowest BCUT2D eigenvalue weighted by Gasteiger charge is -2.01. The zero-order valence-corrected chi connectivity index (χ0v) is 14.8. The Morgan fingerprint density at radius 3 is 2.76 bits per heavy atom. The first-order valence-electron chi connectivity index (χ1n) is 7.04. The third-order valence-corrected chi connectivity index (χ3v) is 4.03. The Bertz CT molecular complexity index is 954. The second kappa shape index (κ2) is 7.70. The number of pyridine rings is 1. The molecule has 0 aliphatic heterocycles. The van der Waals surface area contributed by atoms with Gasteiger partial charge in [0.15, 0.2) is 0 Å². The van der Waals surface area contributed by atoms with Gasteiger partial charge in [-0.25, -0.2) is 10.4 Å². The van der Waals surface area contributed by atoms with E-state index in [1.54, 1.807) is 42.5 Å². The zero-order valence-electron chi connectivity index (χ0n) is 12.5. The summed E-state index contributed by atoms with van der Waals surface area (Å²) < 4.78 is 5.64. The number of hydrogen-bond acceptors (Lipinski definition) is 4. The summed E-state index contributed by atoms with van der Waals surface area (Å²) in [6.07, 6.45) is 2.87. The van der Waals surface area contributed by atoms with Gasteiger partial charge in [-0.15, -0.1) is 0 Å². The minimum absolute atomic E-state index is 0.105. The van der Waals surface area contributed by atoms with Crippen LogP contribution in [-0.2, 0) is 0 Å². The maximum Gasteiger partial charge on any atom is 0.274 e. The van der Waals surface area contributed by atoms with Gasteiger partial charge in [-0.3, -0.25) is 4.79 Å². The summed E-state index contributed by atoms with van der Waals surface area (Å²) >= 11 is 17.9. The number of hydrogen-bond donors (Lipinski definition) is 1. The molecular formula is C17H10Cl3N3O2. The van der Waals surface area contributed by atoms with Crippen molar-refractivity contribution in [2.75, 3.05) is 0 Å². The summed E-state index contributed by atoms with van der Waals surface area (Å²) in [6, 6.07) is 11.7. The highest BCUT2D eigenvalue weighted by Gasteiger charge is 2.10. The van der Waals surface area contributed by atoms with E-state index in [0.29, 0.717) is 27.1 Å². The second-order valence-electron chi connectivity index (χ2n) is 4.87. The van der Waals surface area contributed by atoms with Crippen molar-refractivity contribution in [3.8, 4) is 11.3 Å². The summed E-state index contributed by atoms with van der Waals surface area (Å²) in [5, 5.41) is 4.97. The lowest BCUT2D eigenvalue weighted by Crippen LogP contribution is -2.18. The maximum absolute atomic E-state index is 11.9. The van der Waals surface area contributed by atoms with Crippen LogP contribution < -0.4 is 5.43 Å². The van der Waals surface area contributed by atoms with Crippen LogP contribution in [0.4, 0.5) is 0 Å². The highest BCUT2D eigenvalue weighted by atomic mass is 35.5. The van der Waals surface area contributed by atoms with E-state index < -0.39 is 5.91 Å². The van der Waals surface area contributed by atoms with Crippen molar-refractivity contribution in [1.82, 2.24) is 10.4 Å². The molecule has 2 aromatic heterocycles. The zero-order chi connectivity index (χ0) is 17.8. The van der Waals surface area contributed by atoms with Gasteiger partial charge in [-0.05, 0) is 42.5 Å². The van der Waals surface area contributed by atoms with Crippen molar-refractivity contribution in [2.45, 2.75) is 0 Å². The van der Waals surface area contributed by atoms with Crippen LogP contribution in [0.15, 0.2) is 58.2 Å². The molecule has 0 bridgehead atoms. The van der Waals surface area contributed by atoms with E-state index >= 15 is 0 Å². The Morgan fingerprint density at radius 1 is 1.16 bits per heavy atom. The van der Waals surface area contributed by atoms with E-state index in [1.165, 1.54) is 12.4 Å². The number of rotatable bonds is 4. The number of hydrazone groups is 1. The summed E-state index contributed by atoms with van der Waals surface area (Å²) in [5.41, 5.74) is 3.30. The van der Waals surface area contributed by atoms with Crippen molar-refractivity contribution >= 4 is 46.9 Å². The van der Waals surface area contributed by atoms with Crippen molar-refractivity contribution in [1.29, 1.82) is 0 Å². The first kappa shape index (κ1) is 17.5. The molecule has 8 heteroatoms. The highest BCUT2D eigenvalue weighted by Crippen LogP contribution is 2.31. The number of amides is 1. The molecule has 0 atom stereocenters. The number of aromatic nitrogens is 1. The van der Waals surface area contributed by atoms with Crippen molar-refractivity contribution < 1.29 is 9.21 Å². The Hall–Kier alpha value is -2.34. The average molecular weight is 395 g/mol. The van der Waals surface area contributed by atoms with Crippen LogP contribution in [0.5, 0.6) is 0 Å². The molecule has 5 nitrogen and oxygen atoms in total. The van der Waals surface area contributed by atoms with E-state index in [0.717, 1.165) is 0 Å². The molecule has 2 heterocycles. The average Bonchev–Trinajstić information content (AvgIpc) is 3.03. The number of nitrogens with zero attached hydrogens (tertiary/aromatic N) is 2. The summed E-state index contributed by atoms with van der Waals surface area (Å²) in [7, 11) is 0. The van der Waals surface area contributed by atoms with Crippen molar-refractivity contribution in [3.05, 3.63) is 75.2 Å². The fourth-order valence-corrected chi connectivity index (χ4v) is 2.73. The Morgan fingerprint density at radius 2 is 2.00 bits per heavy atom. The third-order valence-electron chi connectivity index (χ3n) is 3.18. The van der Waals surface area contributed by atoms with E-state index in [9.17, 15) is 4.79 Å². The van der Waals surface area contributed by atoms with Gasteiger partial charge in [-0.1, -0.05) is 34.8 Å². The molecule has 1 amide bonds. The normalized spacial score (nSPS) is 11.0. The molecule has 1 N–H and O–H groups in total. The first-order valence-corrected chi connectivity index (χ1v) is 8.17. The lowest BCUT2D eigenvalue weighted by atomic mass is 10.2. The number of furan rings is 1. The number of benzene rings is 1. The fourth-order valence-electron chi connectivity index (χ4n) is 2.03. The van der Waals surface area contributed by atoms with Crippen LogP contribution in [0.1, 0.15) is 16.1 Å². The van der Waals surface area contributed by atoms with Crippen LogP contribution >= 0.6 is 34.8 Å². The fraction of sp³-hybridized carbons (Fsp3) is 0. The van der Waals surface area contributed by atoms with Crippen molar-refractivity contribution in [2.24, 2.45) is 5.10 Å². The third kappa shape index (κ3) is 4.20. The molecule has 3 rings (SSSR count). The molecular weight excluding hydrogens is 385 g/mol. The molecule has 25 heavy (non-hydrogen) atoms. The molecule has 0 unspecified atom stereocenters. The quantitative estimate of drug-likeness (QED) is 0.382. The highest BCUT2D eigenvalue weighted by molar-refractivity contribution is 6.36. The molecule has 3 aromatic rings. The number of nitrogens with one attached hydrogen (secondary N) is 1. The van der Waals surface area contributed by atoms with E-state index in [4.69, 9.17) is 39.2 Å². The molecule has 0 aliphatic rings. The Labute approximate surface area is 158 Å². The summed E-state index contributed by atoms with van der Waals surface area (Å²) in [5.74, 6) is 0.533. The molecule has 0 saturated carbocycles. The van der Waals surface area contributed by atoms with Crippen LogP contribution in [0.3, 0.4) is 0 Å². The Kier molecular flexibility index (Phi) is 5.38. The molecule has 0 saturated heterocycles. The number of carbonyl (C=O) groups excluding carboxylic acids is 1. The van der Waals surface area contributed by atoms with Crippen LogP contribution in [0.2, 0.25) is 15.2 Å². The van der Waals surface area contributed by atoms with Crippen LogP contribution in [0, 0.1) is 0 Å². The smallest absolute Gasteiger partial charge is 0.274 e. The predicted octanol–water partition coefficient (Wildman–Crippen LogP) is 5.07. The summed E-state index contributed by atoms with van der Waals surface area (Å²) in [4.78, 5) is 15.8. The molecule has 0 fully saturated rings. The predicted molar refractivity (Wildman–Crippen MR) is 98.5 cm³/mol. The minimum atomic E-state index is -0.470. The minimum Gasteiger partial charge on any atom is -0.455 e. The molecule has 0 spiro atoms. The van der Waals surface area contributed by atoms with Gasteiger partial charge in [0.05, 0.1) is 16.8 Å². The number of carbonyl (C=O) groups is 1. The van der Waals surface area contributed by atoms with Gasteiger partial charge >= 0.3 is 0 Å². The number of halogens is 3. The first-order chi connectivity index (χ1) is 12.0. The standard InChI is InChI=1S/C17H10Cl3N3O2/c18-10-3-5-12(14(19)8-10)15-6-4-11(25-15)9-22-23-17(24)13-2-1-7-21-16(13)20/h1-9H,(H,23,24). The second-order valence-corrected chi connectivity index (χ2v) is 6.07. The largest absolute Gasteiger partial charge is 0.455 e. The van der Waals surface area contributed by atoms with Crippen molar-refractivity contribution in [3.63, 3.8) is 0 Å². The van der Waals surface area contributed by atoms with Gasteiger partial charge in [0.1, 0.15) is 16.7 Å². The van der Waals surface area contributed by atoms with E-state index in [2.05, 4.69) is 15.5 Å². The van der Waals surface area contributed by atoms with E-state index in [1.807, 2.05) is 0 Å². The van der Waals surface area contributed by atoms with Crippen LogP contribution in [0.25, 0.3) is 11.3 Å². The van der Waals surface area contributed by atoms with E-state index in [-0.39, 0.29) is 10.7 Å². The summed E-state index contributed by atoms with van der Waals surface area (Å²) in [6.45, 7) is 0. The molecule has 126 valence electrons. The molecule has 1 aromatic carbocycles. The molecule has 0 aliphatic carbocycles. The lowest BCUT2D eigenvalue weighted by molar-refractivity contribution is 0.0955. The van der Waals surface area contributed by atoms with Gasteiger partial charge < -0.3 is 4.42 Å². The SMILES string of the molecule is O=C(NN=Cc1ccc(-c2ccc(Cl)cc2Cl)o1)c1cccnc1Cl. The van der Waals surface area contributed by atoms with Crippen LogP contribution in [-0.4, -0.2) is 17.1 Å². The molecule has 0 radical (unpaired) electrons. The van der Waals surface area contributed by atoms with Gasteiger partial charge in [0.25, 0.3) is 5.91 Å². The maximum atomic E-state index is 11.9. The Balaban J connectivity index is 1.70.